The van der Waals surface area contributed by atoms with E-state index in [4.69, 9.17) is 14.2 Å². The SMILES string of the molecule is C=CCCOc1ccc(COC2CCC(c3ccc(-c4ccc(OCCCC)cc4)c(F)c3F)CC2)c(F)c1F. The van der Waals surface area contributed by atoms with Gasteiger partial charge in [0.15, 0.2) is 23.2 Å². The number of hydrogen-bond acceptors (Lipinski definition) is 3. The molecule has 3 nitrogen and oxygen atoms in total. The van der Waals surface area contributed by atoms with Crippen molar-refractivity contribution in [2.45, 2.75) is 70.5 Å². The van der Waals surface area contributed by atoms with Crippen molar-refractivity contribution < 1.29 is 31.8 Å². The largest absolute Gasteiger partial charge is 0.494 e. The Hall–Kier alpha value is -3.32. The molecule has 4 rings (SSSR count). The third-order valence-electron chi connectivity index (χ3n) is 7.34. The number of hydrogen-bond donors (Lipinski definition) is 0. The first-order valence-electron chi connectivity index (χ1n) is 14.0. The second kappa shape index (κ2) is 14.4. The maximum atomic E-state index is 15.2. The normalized spacial score (nSPS) is 17.0. The molecule has 3 aromatic carbocycles. The molecule has 214 valence electrons. The molecule has 0 spiro atoms. The van der Waals surface area contributed by atoms with Gasteiger partial charge in [-0.1, -0.05) is 43.7 Å². The second-order valence-corrected chi connectivity index (χ2v) is 10.1. The molecule has 0 aliphatic heterocycles. The zero-order chi connectivity index (χ0) is 28.5. The molecule has 0 N–H and O–H groups in total. The van der Waals surface area contributed by atoms with Crippen LogP contribution >= 0.6 is 0 Å². The lowest BCUT2D eigenvalue weighted by Gasteiger charge is -2.29. The van der Waals surface area contributed by atoms with Gasteiger partial charge in [0.25, 0.3) is 0 Å². The van der Waals surface area contributed by atoms with Gasteiger partial charge in [-0.3, -0.25) is 0 Å². The van der Waals surface area contributed by atoms with Gasteiger partial charge in [-0.15, -0.1) is 6.58 Å². The lowest BCUT2D eigenvalue weighted by Crippen LogP contribution is -2.21. The Morgan fingerprint density at radius 2 is 1.55 bits per heavy atom. The molecular formula is C33H36F4O3. The Morgan fingerprint density at radius 1 is 0.800 bits per heavy atom. The van der Waals surface area contributed by atoms with Crippen molar-refractivity contribution in [1.29, 1.82) is 0 Å². The fourth-order valence-electron chi connectivity index (χ4n) is 4.96. The van der Waals surface area contributed by atoms with Crippen LogP contribution in [0.4, 0.5) is 17.6 Å². The van der Waals surface area contributed by atoms with Gasteiger partial charge < -0.3 is 14.2 Å². The highest BCUT2D eigenvalue weighted by Crippen LogP contribution is 2.38. The summed E-state index contributed by atoms with van der Waals surface area (Å²) >= 11 is 0. The fraction of sp³-hybridized carbons (Fsp3) is 0.394. The number of ether oxygens (including phenoxy) is 3. The number of benzene rings is 3. The highest BCUT2D eigenvalue weighted by Gasteiger charge is 2.27. The Labute approximate surface area is 233 Å². The van der Waals surface area contributed by atoms with Gasteiger partial charge in [0.2, 0.25) is 5.82 Å². The molecule has 0 aromatic heterocycles. The smallest absolute Gasteiger partial charge is 0.200 e. The molecule has 0 amide bonds. The van der Waals surface area contributed by atoms with Gasteiger partial charge in [0.05, 0.1) is 25.9 Å². The molecule has 0 heterocycles. The minimum absolute atomic E-state index is 0.0782. The molecule has 7 heteroatoms. The Kier molecular flexibility index (Phi) is 10.6. The first kappa shape index (κ1) is 29.7. The van der Waals surface area contributed by atoms with Gasteiger partial charge in [-0.25, -0.2) is 13.2 Å². The minimum Gasteiger partial charge on any atom is -0.494 e. The molecule has 1 fully saturated rings. The zero-order valence-corrected chi connectivity index (χ0v) is 22.9. The van der Waals surface area contributed by atoms with Crippen LogP contribution in [0.25, 0.3) is 11.1 Å². The summed E-state index contributed by atoms with van der Waals surface area (Å²) in [7, 11) is 0. The molecule has 1 aliphatic rings. The van der Waals surface area contributed by atoms with Gasteiger partial charge in [0.1, 0.15) is 5.75 Å². The summed E-state index contributed by atoms with van der Waals surface area (Å²) in [5.41, 5.74) is 1.27. The third-order valence-corrected chi connectivity index (χ3v) is 7.34. The van der Waals surface area contributed by atoms with E-state index in [9.17, 15) is 8.78 Å². The van der Waals surface area contributed by atoms with Crippen LogP contribution in [0.1, 0.15) is 68.9 Å². The maximum Gasteiger partial charge on any atom is 0.200 e. The molecule has 1 saturated carbocycles. The van der Waals surface area contributed by atoms with Gasteiger partial charge in [-0.05, 0) is 79.8 Å². The molecular weight excluding hydrogens is 520 g/mol. The molecule has 0 atom stereocenters. The van der Waals surface area contributed by atoms with Crippen molar-refractivity contribution in [3.05, 3.63) is 95.6 Å². The van der Waals surface area contributed by atoms with E-state index in [1.54, 1.807) is 42.5 Å². The fourth-order valence-corrected chi connectivity index (χ4v) is 4.96. The van der Waals surface area contributed by atoms with E-state index in [0.717, 1.165) is 12.8 Å². The molecule has 0 unspecified atom stereocenters. The van der Waals surface area contributed by atoms with Crippen molar-refractivity contribution >= 4 is 0 Å². The van der Waals surface area contributed by atoms with E-state index in [0.29, 0.717) is 55.6 Å². The molecule has 0 bridgehead atoms. The van der Waals surface area contributed by atoms with Crippen molar-refractivity contribution in [2.24, 2.45) is 0 Å². The van der Waals surface area contributed by atoms with Crippen molar-refractivity contribution in [3.8, 4) is 22.6 Å². The predicted octanol–water partition coefficient (Wildman–Crippen LogP) is 9.29. The summed E-state index contributed by atoms with van der Waals surface area (Å²) < 4.78 is 75.9. The van der Waals surface area contributed by atoms with E-state index >= 15 is 8.78 Å². The second-order valence-electron chi connectivity index (χ2n) is 10.1. The Morgan fingerprint density at radius 3 is 2.25 bits per heavy atom. The summed E-state index contributed by atoms with van der Waals surface area (Å²) in [5.74, 6) is -3.28. The van der Waals surface area contributed by atoms with Gasteiger partial charge in [-0.2, -0.15) is 4.39 Å². The summed E-state index contributed by atoms with van der Waals surface area (Å²) in [4.78, 5) is 0. The van der Waals surface area contributed by atoms with Crippen LogP contribution in [0.5, 0.6) is 11.5 Å². The minimum atomic E-state index is -1.04. The number of halogens is 4. The van der Waals surface area contributed by atoms with E-state index in [2.05, 4.69) is 13.5 Å². The number of rotatable bonds is 13. The van der Waals surface area contributed by atoms with E-state index in [1.165, 1.54) is 12.1 Å². The zero-order valence-electron chi connectivity index (χ0n) is 22.9. The topological polar surface area (TPSA) is 27.7 Å². The van der Waals surface area contributed by atoms with E-state index in [-0.39, 0.29) is 42.1 Å². The monoisotopic (exact) mass is 556 g/mol. The first-order valence-corrected chi connectivity index (χ1v) is 14.0. The summed E-state index contributed by atoms with van der Waals surface area (Å²) in [5, 5.41) is 0. The maximum absolute atomic E-state index is 15.2. The van der Waals surface area contributed by atoms with E-state index in [1.807, 2.05) is 0 Å². The van der Waals surface area contributed by atoms with Crippen molar-refractivity contribution in [3.63, 3.8) is 0 Å². The Bertz CT molecular complexity index is 1270. The molecule has 0 saturated heterocycles. The van der Waals surface area contributed by atoms with Crippen LogP contribution in [0.3, 0.4) is 0 Å². The molecule has 1 aliphatic carbocycles. The Balaban J connectivity index is 1.32. The quantitative estimate of drug-likeness (QED) is 0.119. The predicted molar refractivity (Wildman–Crippen MR) is 149 cm³/mol. The standard InChI is InChI=1S/C33H36F4O3/c1-3-5-19-38-25-12-7-22(8-13-25)27-16-17-28(32(36)31(27)35)23-9-14-26(15-10-23)40-21-24-11-18-29(33(37)30(24)34)39-20-6-4-2/h4,7-8,11-13,16-18,23,26H,2-3,5-6,9-10,14-15,19-21H2,1H3. The van der Waals surface area contributed by atoms with Crippen LogP contribution in [0.2, 0.25) is 0 Å². The van der Waals surface area contributed by atoms with Crippen LogP contribution in [-0.4, -0.2) is 19.3 Å². The first-order chi connectivity index (χ1) is 19.4. The van der Waals surface area contributed by atoms with Crippen LogP contribution in [0.15, 0.2) is 61.2 Å². The molecule has 0 radical (unpaired) electrons. The lowest BCUT2D eigenvalue weighted by atomic mass is 9.82. The summed E-state index contributed by atoms with van der Waals surface area (Å²) in [6.45, 7) is 6.41. The van der Waals surface area contributed by atoms with Crippen molar-refractivity contribution in [1.82, 2.24) is 0 Å². The van der Waals surface area contributed by atoms with Crippen LogP contribution in [-0.2, 0) is 11.3 Å². The highest BCUT2D eigenvalue weighted by atomic mass is 19.2. The van der Waals surface area contributed by atoms with Gasteiger partial charge >= 0.3 is 0 Å². The average molecular weight is 557 g/mol. The summed E-state index contributed by atoms with van der Waals surface area (Å²) in [6.07, 6.45) is 6.41. The van der Waals surface area contributed by atoms with Crippen LogP contribution < -0.4 is 9.47 Å². The van der Waals surface area contributed by atoms with Crippen molar-refractivity contribution in [2.75, 3.05) is 13.2 Å². The average Bonchev–Trinajstić information content (AvgIpc) is 2.97. The van der Waals surface area contributed by atoms with E-state index < -0.39 is 23.3 Å². The highest BCUT2D eigenvalue weighted by molar-refractivity contribution is 5.65. The molecule has 3 aromatic rings. The number of unbranched alkanes of at least 4 members (excludes halogenated alkanes) is 1. The summed E-state index contributed by atoms with van der Waals surface area (Å²) in [6, 6.07) is 13.2. The third kappa shape index (κ3) is 7.25. The van der Waals surface area contributed by atoms with Gasteiger partial charge in [0, 0.05) is 11.1 Å². The van der Waals surface area contributed by atoms with Crippen LogP contribution in [0, 0.1) is 23.3 Å². The molecule has 40 heavy (non-hydrogen) atoms. The lowest BCUT2D eigenvalue weighted by molar-refractivity contribution is 0.0116.